The average molecular weight is 429 g/mol. The number of thiazole rings is 1. The Morgan fingerprint density at radius 3 is 2.88 bits per heavy atom. The molecule has 0 amide bonds. The van der Waals surface area contributed by atoms with E-state index in [1.54, 1.807) is 56.1 Å². The minimum absolute atomic E-state index is 0.171. The number of anilines is 1. The van der Waals surface area contributed by atoms with Gasteiger partial charge in [-0.2, -0.15) is 0 Å². The van der Waals surface area contributed by atoms with Crippen LogP contribution in [0.5, 0.6) is 0 Å². The number of rotatable bonds is 7. The number of hydrogen-bond acceptors (Lipinski definition) is 6. The van der Waals surface area contributed by atoms with Gasteiger partial charge in [0, 0.05) is 17.9 Å². The van der Waals surface area contributed by atoms with Crippen LogP contribution >= 0.6 is 34.7 Å². The third-order valence-electron chi connectivity index (χ3n) is 3.64. The number of sulfonamides is 1. The number of methoxy groups -OCH3 is 1. The molecule has 0 radical (unpaired) electrons. The van der Waals surface area contributed by atoms with E-state index in [0.717, 1.165) is 20.3 Å². The molecule has 0 aliphatic rings. The summed E-state index contributed by atoms with van der Waals surface area (Å²) >= 11 is 9.19. The summed E-state index contributed by atoms with van der Waals surface area (Å²) in [5.74, 6) is 0.823. The molecule has 5 nitrogen and oxygen atoms in total. The van der Waals surface area contributed by atoms with Gasteiger partial charge in [-0.1, -0.05) is 29.4 Å². The van der Waals surface area contributed by atoms with E-state index < -0.39 is 10.0 Å². The standard InChI is InChI=1S/C17H17ClN2O3S3/c1-11-13(18)4-3-5-16(11)26(21,22)20-12-6-7-14-15(10-12)25-17(19-14)24-9-8-23-2/h3-7,10,20H,8-9H2,1-2H3. The summed E-state index contributed by atoms with van der Waals surface area (Å²) in [4.78, 5) is 4.71. The highest BCUT2D eigenvalue weighted by molar-refractivity contribution is 8.01. The molecule has 0 aliphatic heterocycles. The van der Waals surface area contributed by atoms with Crippen molar-refractivity contribution in [3.05, 3.63) is 47.0 Å². The van der Waals surface area contributed by atoms with Gasteiger partial charge < -0.3 is 4.74 Å². The van der Waals surface area contributed by atoms with Crippen molar-refractivity contribution in [2.75, 3.05) is 24.2 Å². The van der Waals surface area contributed by atoms with E-state index in [4.69, 9.17) is 16.3 Å². The minimum atomic E-state index is -3.72. The van der Waals surface area contributed by atoms with Crippen molar-refractivity contribution in [3.63, 3.8) is 0 Å². The molecule has 0 saturated heterocycles. The summed E-state index contributed by atoms with van der Waals surface area (Å²) in [5, 5.41) is 0.420. The van der Waals surface area contributed by atoms with Gasteiger partial charge in [0.15, 0.2) is 4.34 Å². The second-order valence-electron chi connectivity index (χ2n) is 5.47. The van der Waals surface area contributed by atoms with Gasteiger partial charge >= 0.3 is 0 Å². The molecular formula is C17H17ClN2O3S3. The molecule has 2 aromatic carbocycles. The first-order chi connectivity index (χ1) is 12.4. The zero-order chi connectivity index (χ0) is 18.7. The quantitative estimate of drug-likeness (QED) is 0.432. The lowest BCUT2D eigenvalue weighted by Gasteiger charge is -2.11. The summed E-state index contributed by atoms with van der Waals surface area (Å²) in [7, 11) is -2.05. The van der Waals surface area contributed by atoms with Crippen LogP contribution in [0.25, 0.3) is 10.2 Å². The Morgan fingerprint density at radius 2 is 2.12 bits per heavy atom. The van der Waals surface area contributed by atoms with Crippen LogP contribution in [0.15, 0.2) is 45.6 Å². The number of fused-ring (bicyclic) bond motifs is 1. The van der Waals surface area contributed by atoms with Gasteiger partial charge in [0.25, 0.3) is 10.0 Å². The molecule has 0 aliphatic carbocycles. The highest BCUT2D eigenvalue weighted by Crippen LogP contribution is 2.32. The number of ether oxygens (including phenoxy) is 1. The normalized spacial score (nSPS) is 11.8. The van der Waals surface area contributed by atoms with Crippen molar-refractivity contribution in [1.29, 1.82) is 0 Å². The molecule has 3 aromatic rings. The number of benzene rings is 2. The maximum atomic E-state index is 12.7. The fourth-order valence-electron chi connectivity index (χ4n) is 2.33. The molecule has 1 heterocycles. The largest absolute Gasteiger partial charge is 0.384 e. The van der Waals surface area contributed by atoms with Gasteiger partial charge in [0.1, 0.15) is 0 Å². The van der Waals surface area contributed by atoms with E-state index in [-0.39, 0.29) is 4.90 Å². The van der Waals surface area contributed by atoms with Crippen molar-refractivity contribution in [3.8, 4) is 0 Å². The van der Waals surface area contributed by atoms with Gasteiger partial charge in [0.05, 0.1) is 27.4 Å². The second-order valence-corrected chi connectivity index (χ2v) is 9.90. The van der Waals surface area contributed by atoms with Crippen LogP contribution in [-0.2, 0) is 14.8 Å². The van der Waals surface area contributed by atoms with Crippen LogP contribution in [0, 0.1) is 6.92 Å². The fraction of sp³-hybridized carbons (Fsp3) is 0.235. The molecule has 0 saturated carbocycles. The van der Waals surface area contributed by atoms with Gasteiger partial charge in [-0.25, -0.2) is 13.4 Å². The van der Waals surface area contributed by atoms with Crippen LogP contribution in [0.4, 0.5) is 5.69 Å². The Balaban J connectivity index is 1.85. The lowest BCUT2D eigenvalue weighted by molar-refractivity contribution is 0.218. The molecule has 0 bridgehead atoms. The van der Waals surface area contributed by atoms with Crippen LogP contribution < -0.4 is 4.72 Å². The van der Waals surface area contributed by atoms with Crippen LogP contribution in [0.3, 0.4) is 0 Å². The number of nitrogens with zero attached hydrogens (tertiary/aromatic N) is 1. The average Bonchev–Trinajstić information content (AvgIpc) is 2.99. The maximum Gasteiger partial charge on any atom is 0.262 e. The summed E-state index contributed by atoms with van der Waals surface area (Å²) in [6, 6.07) is 10.2. The predicted octanol–water partition coefficient (Wildman–Crippen LogP) is 4.80. The Morgan fingerprint density at radius 1 is 1.31 bits per heavy atom. The van der Waals surface area contributed by atoms with E-state index in [1.165, 1.54) is 11.3 Å². The predicted molar refractivity (Wildman–Crippen MR) is 109 cm³/mol. The van der Waals surface area contributed by atoms with Gasteiger partial charge in [-0.05, 0) is 42.8 Å². The van der Waals surface area contributed by atoms with E-state index >= 15 is 0 Å². The Hall–Kier alpha value is -1.32. The van der Waals surface area contributed by atoms with Gasteiger partial charge in [0.2, 0.25) is 0 Å². The molecular weight excluding hydrogens is 412 g/mol. The Kier molecular flexibility index (Phi) is 6.09. The number of nitrogens with one attached hydrogen (secondary N) is 1. The Labute approximate surface area is 165 Å². The van der Waals surface area contributed by atoms with Gasteiger partial charge in [-0.3, -0.25) is 4.72 Å². The van der Waals surface area contributed by atoms with E-state index in [2.05, 4.69) is 9.71 Å². The maximum absolute atomic E-state index is 12.7. The third-order valence-corrected chi connectivity index (χ3v) is 7.70. The highest BCUT2D eigenvalue weighted by atomic mass is 35.5. The lowest BCUT2D eigenvalue weighted by Crippen LogP contribution is -2.14. The zero-order valence-corrected chi connectivity index (χ0v) is 17.4. The minimum Gasteiger partial charge on any atom is -0.384 e. The summed E-state index contributed by atoms with van der Waals surface area (Å²) < 4.78 is 34.9. The van der Waals surface area contributed by atoms with E-state index in [1.807, 2.05) is 6.07 Å². The van der Waals surface area contributed by atoms with Crippen LogP contribution in [-0.4, -0.2) is 32.9 Å². The summed E-state index contributed by atoms with van der Waals surface area (Å²) in [6.07, 6.45) is 0. The number of halogens is 1. The molecule has 1 aromatic heterocycles. The third kappa shape index (κ3) is 4.32. The van der Waals surface area contributed by atoms with Crippen LogP contribution in [0.2, 0.25) is 5.02 Å². The summed E-state index contributed by atoms with van der Waals surface area (Å²) in [6.45, 7) is 2.34. The molecule has 0 spiro atoms. The molecule has 0 unspecified atom stereocenters. The lowest BCUT2D eigenvalue weighted by atomic mass is 10.2. The SMILES string of the molecule is COCCSc1nc2ccc(NS(=O)(=O)c3cccc(Cl)c3C)cc2s1. The monoisotopic (exact) mass is 428 g/mol. The number of hydrogen-bond donors (Lipinski definition) is 1. The molecule has 9 heteroatoms. The molecule has 1 N–H and O–H groups in total. The second kappa shape index (κ2) is 8.14. The van der Waals surface area contributed by atoms with Crippen molar-refractivity contribution >= 4 is 60.6 Å². The first kappa shape index (κ1) is 19.4. The van der Waals surface area contributed by atoms with Crippen molar-refractivity contribution in [1.82, 2.24) is 4.98 Å². The smallest absolute Gasteiger partial charge is 0.262 e. The number of aromatic nitrogens is 1. The zero-order valence-electron chi connectivity index (χ0n) is 14.2. The fourth-order valence-corrected chi connectivity index (χ4v) is 5.96. The van der Waals surface area contributed by atoms with Crippen molar-refractivity contribution in [2.24, 2.45) is 0 Å². The van der Waals surface area contributed by atoms with Crippen molar-refractivity contribution < 1.29 is 13.2 Å². The van der Waals surface area contributed by atoms with E-state index in [9.17, 15) is 8.42 Å². The molecule has 3 rings (SSSR count). The summed E-state index contributed by atoms with van der Waals surface area (Å²) in [5.41, 5.74) is 1.86. The first-order valence-corrected chi connectivity index (χ1v) is 11.4. The first-order valence-electron chi connectivity index (χ1n) is 7.71. The van der Waals surface area contributed by atoms with E-state index in [0.29, 0.717) is 22.9 Å². The molecule has 138 valence electrons. The molecule has 0 atom stereocenters. The Bertz CT molecular complexity index is 1030. The molecule has 0 fully saturated rings. The topological polar surface area (TPSA) is 68.3 Å². The van der Waals surface area contributed by atoms with Crippen molar-refractivity contribution in [2.45, 2.75) is 16.2 Å². The number of thioether (sulfide) groups is 1. The van der Waals surface area contributed by atoms with Crippen LogP contribution in [0.1, 0.15) is 5.56 Å². The molecule has 26 heavy (non-hydrogen) atoms. The van der Waals surface area contributed by atoms with Gasteiger partial charge in [-0.15, -0.1) is 11.3 Å². The highest BCUT2D eigenvalue weighted by Gasteiger charge is 2.18.